The minimum Gasteiger partial charge on any atom is -0.507 e. The Morgan fingerprint density at radius 3 is 2.53 bits per heavy atom. The number of nitrogens with two attached hydrogens (primary N) is 1. The van der Waals surface area contributed by atoms with Crippen LogP contribution in [0.15, 0.2) is 18.2 Å². The van der Waals surface area contributed by atoms with Gasteiger partial charge in [0.05, 0.1) is 5.56 Å². The van der Waals surface area contributed by atoms with Gasteiger partial charge in [0.1, 0.15) is 5.75 Å². The van der Waals surface area contributed by atoms with E-state index in [2.05, 4.69) is 19.2 Å². The highest BCUT2D eigenvalue weighted by molar-refractivity contribution is 5.96. The van der Waals surface area contributed by atoms with Crippen LogP contribution in [0.25, 0.3) is 0 Å². The average Bonchev–Trinajstić information content (AvgIpc) is 2.37. The molecule has 0 aromatic heterocycles. The van der Waals surface area contributed by atoms with E-state index in [-0.39, 0.29) is 17.7 Å². The third-order valence-electron chi connectivity index (χ3n) is 3.55. The standard InChI is InChI=1S/C15H24N2O2/c1-4-11(5-2)13(16)9-17-15(19)12-7-6-10(3)8-14(12)18/h6-8,11,13,18H,4-5,9,16H2,1-3H3,(H,17,19). The first-order chi connectivity index (χ1) is 8.99. The zero-order valence-corrected chi connectivity index (χ0v) is 11.9. The van der Waals surface area contributed by atoms with Crippen LogP contribution >= 0.6 is 0 Å². The number of amides is 1. The molecule has 4 heteroatoms. The molecule has 4 N–H and O–H groups in total. The molecule has 4 nitrogen and oxygen atoms in total. The van der Waals surface area contributed by atoms with Gasteiger partial charge in [-0.2, -0.15) is 0 Å². The van der Waals surface area contributed by atoms with Gasteiger partial charge in [-0.05, 0) is 30.5 Å². The van der Waals surface area contributed by atoms with E-state index in [0.29, 0.717) is 18.0 Å². The number of rotatable bonds is 6. The summed E-state index contributed by atoms with van der Waals surface area (Å²) in [5.74, 6) is 0.138. The molecule has 0 aliphatic carbocycles. The van der Waals surface area contributed by atoms with Crippen molar-refractivity contribution in [1.82, 2.24) is 5.32 Å². The van der Waals surface area contributed by atoms with E-state index >= 15 is 0 Å². The number of benzene rings is 1. The lowest BCUT2D eigenvalue weighted by Gasteiger charge is -2.21. The van der Waals surface area contributed by atoms with E-state index in [9.17, 15) is 9.90 Å². The van der Waals surface area contributed by atoms with E-state index in [1.54, 1.807) is 18.2 Å². The van der Waals surface area contributed by atoms with Gasteiger partial charge >= 0.3 is 0 Å². The smallest absolute Gasteiger partial charge is 0.255 e. The summed E-state index contributed by atoms with van der Waals surface area (Å²) in [7, 11) is 0. The van der Waals surface area contributed by atoms with Crippen molar-refractivity contribution in [1.29, 1.82) is 0 Å². The quantitative estimate of drug-likeness (QED) is 0.737. The van der Waals surface area contributed by atoms with Crippen LogP contribution in [-0.4, -0.2) is 23.6 Å². The summed E-state index contributed by atoms with van der Waals surface area (Å²) in [6, 6.07) is 4.96. The van der Waals surface area contributed by atoms with E-state index in [0.717, 1.165) is 18.4 Å². The summed E-state index contributed by atoms with van der Waals surface area (Å²) >= 11 is 0. The highest BCUT2D eigenvalue weighted by atomic mass is 16.3. The van der Waals surface area contributed by atoms with Crippen LogP contribution in [0.1, 0.15) is 42.6 Å². The Hall–Kier alpha value is -1.55. The van der Waals surface area contributed by atoms with Crippen LogP contribution in [0.2, 0.25) is 0 Å². The van der Waals surface area contributed by atoms with Crippen molar-refractivity contribution in [2.75, 3.05) is 6.54 Å². The van der Waals surface area contributed by atoms with Gasteiger partial charge in [-0.3, -0.25) is 4.79 Å². The maximum Gasteiger partial charge on any atom is 0.255 e. The lowest BCUT2D eigenvalue weighted by atomic mass is 9.95. The molecule has 0 spiro atoms. The summed E-state index contributed by atoms with van der Waals surface area (Å²) in [5, 5.41) is 12.5. The molecule has 0 aliphatic rings. The summed E-state index contributed by atoms with van der Waals surface area (Å²) in [5.41, 5.74) is 7.26. The molecular formula is C15H24N2O2. The van der Waals surface area contributed by atoms with Crippen LogP contribution in [0.4, 0.5) is 0 Å². The number of aryl methyl sites for hydroxylation is 1. The number of nitrogens with one attached hydrogen (secondary N) is 1. The predicted octanol–water partition coefficient (Wildman–Crippen LogP) is 2.19. The molecule has 0 radical (unpaired) electrons. The second-order valence-electron chi connectivity index (χ2n) is 4.97. The number of phenolic OH excluding ortho intramolecular Hbond substituents is 1. The van der Waals surface area contributed by atoms with Gasteiger partial charge in [-0.25, -0.2) is 0 Å². The molecule has 0 fully saturated rings. The number of hydrogen-bond acceptors (Lipinski definition) is 3. The maximum absolute atomic E-state index is 12.0. The number of hydrogen-bond donors (Lipinski definition) is 3. The minimum absolute atomic E-state index is 0.00797. The monoisotopic (exact) mass is 264 g/mol. The van der Waals surface area contributed by atoms with Crippen LogP contribution in [0.3, 0.4) is 0 Å². The first-order valence-electron chi connectivity index (χ1n) is 6.82. The maximum atomic E-state index is 12.0. The molecule has 1 rings (SSSR count). The van der Waals surface area contributed by atoms with E-state index in [1.807, 2.05) is 6.92 Å². The Balaban J connectivity index is 2.60. The van der Waals surface area contributed by atoms with E-state index in [1.165, 1.54) is 0 Å². The van der Waals surface area contributed by atoms with Crippen LogP contribution in [-0.2, 0) is 0 Å². The average molecular weight is 264 g/mol. The minimum atomic E-state index is -0.279. The molecule has 1 unspecified atom stereocenters. The fourth-order valence-electron chi connectivity index (χ4n) is 2.20. The Bertz CT molecular complexity index is 428. The molecule has 0 aliphatic heterocycles. The molecule has 0 heterocycles. The summed E-state index contributed by atoms with van der Waals surface area (Å²) in [6.45, 7) is 6.49. The fraction of sp³-hybridized carbons (Fsp3) is 0.533. The molecule has 19 heavy (non-hydrogen) atoms. The van der Waals surface area contributed by atoms with Gasteiger partial charge < -0.3 is 16.2 Å². The SMILES string of the molecule is CCC(CC)C(N)CNC(=O)c1ccc(C)cc1O. The first kappa shape index (κ1) is 15.5. The summed E-state index contributed by atoms with van der Waals surface area (Å²) < 4.78 is 0. The largest absolute Gasteiger partial charge is 0.507 e. The van der Waals surface area contributed by atoms with Gasteiger partial charge in [-0.1, -0.05) is 32.8 Å². The molecule has 0 saturated heterocycles. The van der Waals surface area contributed by atoms with E-state index < -0.39 is 0 Å². The molecule has 1 amide bonds. The first-order valence-corrected chi connectivity index (χ1v) is 6.82. The molecule has 0 saturated carbocycles. The number of aromatic hydroxyl groups is 1. The molecule has 1 aromatic rings. The Kier molecular flexibility index (Phi) is 5.83. The highest BCUT2D eigenvalue weighted by Crippen LogP contribution is 2.18. The van der Waals surface area contributed by atoms with Crippen molar-refractivity contribution in [3.05, 3.63) is 29.3 Å². The topological polar surface area (TPSA) is 75.3 Å². The Labute approximate surface area is 115 Å². The second kappa shape index (κ2) is 7.14. The van der Waals surface area contributed by atoms with Gasteiger partial charge in [-0.15, -0.1) is 0 Å². The zero-order valence-electron chi connectivity index (χ0n) is 11.9. The van der Waals surface area contributed by atoms with Gasteiger partial charge in [0.25, 0.3) is 5.91 Å². The number of carbonyl (C=O) groups excluding carboxylic acids is 1. The van der Waals surface area contributed by atoms with Crippen molar-refractivity contribution < 1.29 is 9.90 Å². The molecule has 1 aromatic carbocycles. The molecule has 106 valence electrons. The van der Waals surface area contributed by atoms with Crippen molar-refractivity contribution in [2.24, 2.45) is 11.7 Å². The molecule has 1 atom stereocenters. The van der Waals surface area contributed by atoms with Crippen molar-refractivity contribution in [3.63, 3.8) is 0 Å². The predicted molar refractivity (Wildman–Crippen MR) is 77.2 cm³/mol. The Morgan fingerprint density at radius 2 is 2.00 bits per heavy atom. The molecular weight excluding hydrogens is 240 g/mol. The highest BCUT2D eigenvalue weighted by Gasteiger charge is 2.16. The van der Waals surface area contributed by atoms with Crippen molar-refractivity contribution in [3.8, 4) is 5.75 Å². The van der Waals surface area contributed by atoms with Crippen LogP contribution in [0.5, 0.6) is 5.75 Å². The Morgan fingerprint density at radius 1 is 1.37 bits per heavy atom. The fourth-order valence-corrected chi connectivity index (χ4v) is 2.20. The summed E-state index contributed by atoms with van der Waals surface area (Å²) in [4.78, 5) is 12.0. The van der Waals surface area contributed by atoms with Crippen molar-refractivity contribution >= 4 is 5.91 Å². The third-order valence-corrected chi connectivity index (χ3v) is 3.55. The summed E-state index contributed by atoms with van der Waals surface area (Å²) in [6.07, 6.45) is 2.01. The normalized spacial score (nSPS) is 12.5. The van der Waals surface area contributed by atoms with Gasteiger partial charge in [0.15, 0.2) is 0 Å². The van der Waals surface area contributed by atoms with Gasteiger partial charge in [0.2, 0.25) is 0 Å². The van der Waals surface area contributed by atoms with E-state index in [4.69, 9.17) is 5.73 Å². The van der Waals surface area contributed by atoms with Gasteiger partial charge in [0, 0.05) is 12.6 Å². The lowest BCUT2D eigenvalue weighted by molar-refractivity contribution is 0.0945. The third kappa shape index (κ3) is 4.24. The lowest BCUT2D eigenvalue weighted by Crippen LogP contribution is -2.41. The second-order valence-corrected chi connectivity index (χ2v) is 4.97. The van der Waals surface area contributed by atoms with Crippen LogP contribution in [0, 0.1) is 12.8 Å². The number of phenols is 1. The number of carbonyl (C=O) groups is 1. The van der Waals surface area contributed by atoms with Crippen molar-refractivity contribution in [2.45, 2.75) is 39.7 Å². The zero-order chi connectivity index (χ0) is 14.4. The van der Waals surface area contributed by atoms with Crippen LogP contribution < -0.4 is 11.1 Å². The molecule has 0 bridgehead atoms.